The van der Waals surface area contributed by atoms with E-state index < -0.39 is 0 Å². The van der Waals surface area contributed by atoms with Crippen molar-refractivity contribution in [3.8, 4) is 11.5 Å². The number of carbonyl (C=O) groups is 1. The fraction of sp³-hybridized carbons (Fsp3) is 0.533. The van der Waals surface area contributed by atoms with Crippen molar-refractivity contribution in [1.29, 1.82) is 0 Å². The number of fused-ring (bicyclic) bond motifs is 1. The largest absolute Gasteiger partial charge is 0.493 e. The molecule has 104 valence electrons. The van der Waals surface area contributed by atoms with Gasteiger partial charge in [0.2, 0.25) is 5.91 Å². The van der Waals surface area contributed by atoms with Crippen LogP contribution in [0.15, 0.2) is 12.1 Å². The zero-order chi connectivity index (χ0) is 14.0. The molecule has 0 aliphatic carbocycles. The Morgan fingerprint density at radius 2 is 1.79 bits per heavy atom. The maximum Gasteiger partial charge on any atom is 0.226 e. The molecule has 0 saturated heterocycles. The molecule has 0 saturated carbocycles. The van der Waals surface area contributed by atoms with Crippen molar-refractivity contribution in [2.24, 2.45) is 5.92 Å². The highest BCUT2D eigenvalue weighted by Crippen LogP contribution is 2.34. The summed E-state index contributed by atoms with van der Waals surface area (Å²) in [4.78, 5) is 14.1. The van der Waals surface area contributed by atoms with Crippen LogP contribution in [0.2, 0.25) is 0 Å². The number of hydrogen-bond donors (Lipinski definition) is 0. The van der Waals surface area contributed by atoms with Crippen molar-refractivity contribution in [2.75, 3.05) is 20.8 Å². The first-order valence-electron chi connectivity index (χ1n) is 6.63. The number of rotatable bonds is 3. The first kappa shape index (κ1) is 13.7. The van der Waals surface area contributed by atoms with E-state index in [0.29, 0.717) is 6.54 Å². The minimum atomic E-state index is 0.0132. The van der Waals surface area contributed by atoms with Gasteiger partial charge in [0.15, 0.2) is 11.5 Å². The monoisotopic (exact) mass is 263 g/mol. The molecule has 1 aromatic rings. The first-order chi connectivity index (χ1) is 9.10. The van der Waals surface area contributed by atoms with Gasteiger partial charge in [-0.3, -0.25) is 4.79 Å². The second kappa shape index (κ2) is 5.51. The highest BCUT2D eigenvalue weighted by molar-refractivity contribution is 5.79. The Morgan fingerprint density at radius 1 is 1.21 bits per heavy atom. The molecular formula is C15H21NO3. The van der Waals surface area contributed by atoms with Gasteiger partial charge in [-0.25, -0.2) is 0 Å². The van der Waals surface area contributed by atoms with Gasteiger partial charge in [0.05, 0.1) is 14.2 Å². The van der Waals surface area contributed by atoms with Crippen molar-refractivity contribution in [2.45, 2.75) is 26.8 Å². The second-order valence-corrected chi connectivity index (χ2v) is 4.93. The standard InChI is InChI=1S/C15H21NO3/c1-5-16-9-12-8-14(19-4)13(18-3)7-11(12)6-10(2)15(16)17/h7-8,10H,5-6,9H2,1-4H3/t10-/m1/s1. The van der Waals surface area contributed by atoms with Crippen LogP contribution in [-0.4, -0.2) is 31.6 Å². The molecule has 4 nitrogen and oxygen atoms in total. The van der Waals surface area contributed by atoms with Gasteiger partial charge in [-0.2, -0.15) is 0 Å². The third kappa shape index (κ3) is 2.53. The molecule has 0 unspecified atom stereocenters. The van der Waals surface area contributed by atoms with Crippen LogP contribution < -0.4 is 9.47 Å². The summed E-state index contributed by atoms with van der Waals surface area (Å²) in [7, 11) is 3.26. The molecule has 0 aromatic heterocycles. The van der Waals surface area contributed by atoms with Crippen molar-refractivity contribution in [3.05, 3.63) is 23.3 Å². The van der Waals surface area contributed by atoms with E-state index in [1.165, 1.54) is 5.56 Å². The summed E-state index contributed by atoms with van der Waals surface area (Å²) < 4.78 is 10.7. The van der Waals surface area contributed by atoms with Crippen molar-refractivity contribution in [1.82, 2.24) is 4.90 Å². The number of ether oxygens (including phenoxy) is 2. The summed E-state index contributed by atoms with van der Waals surface area (Å²) in [5, 5.41) is 0. The number of amides is 1. The van der Waals surface area contributed by atoms with E-state index in [1.54, 1.807) is 14.2 Å². The Bertz CT molecular complexity index is 485. The number of nitrogens with zero attached hydrogens (tertiary/aromatic N) is 1. The lowest BCUT2D eigenvalue weighted by Crippen LogP contribution is -2.33. The highest BCUT2D eigenvalue weighted by Gasteiger charge is 2.26. The lowest BCUT2D eigenvalue weighted by molar-refractivity contribution is -0.134. The van der Waals surface area contributed by atoms with Crippen LogP contribution in [0.5, 0.6) is 11.5 Å². The predicted molar refractivity (Wildman–Crippen MR) is 73.5 cm³/mol. The molecule has 1 atom stereocenters. The smallest absolute Gasteiger partial charge is 0.226 e. The summed E-state index contributed by atoms with van der Waals surface area (Å²) >= 11 is 0. The SMILES string of the molecule is CCN1Cc2cc(OC)c(OC)cc2C[C@@H](C)C1=O. The van der Waals surface area contributed by atoms with Gasteiger partial charge in [-0.15, -0.1) is 0 Å². The van der Waals surface area contributed by atoms with Gasteiger partial charge in [0.25, 0.3) is 0 Å². The molecule has 1 aliphatic heterocycles. The molecule has 1 aromatic carbocycles. The van der Waals surface area contributed by atoms with Crippen LogP contribution in [0.3, 0.4) is 0 Å². The Labute approximate surface area is 114 Å². The maximum atomic E-state index is 12.2. The summed E-state index contributed by atoms with van der Waals surface area (Å²) in [6.07, 6.45) is 0.755. The zero-order valence-electron chi connectivity index (χ0n) is 12.0. The summed E-state index contributed by atoms with van der Waals surface area (Å²) in [6.45, 7) is 5.37. The molecule has 0 spiro atoms. The molecule has 1 heterocycles. The highest BCUT2D eigenvalue weighted by atomic mass is 16.5. The van der Waals surface area contributed by atoms with E-state index in [2.05, 4.69) is 0 Å². The molecule has 0 bridgehead atoms. The average Bonchev–Trinajstić information content (AvgIpc) is 2.54. The minimum absolute atomic E-state index is 0.0132. The molecule has 2 rings (SSSR count). The number of carbonyl (C=O) groups excluding carboxylic acids is 1. The van der Waals surface area contributed by atoms with Gasteiger partial charge in [-0.1, -0.05) is 6.92 Å². The third-order valence-corrected chi connectivity index (χ3v) is 3.71. The quantitative estimate of drug-likeness (QED) is 0.839. The fourth-order valence-electron chi connectivity index (χ4n) is 2.58. The van der Waals surface area contributed by atoms with Crippen LogP contribution in [0.4, 0.5) is 0 Å². The topological polar surface area (TPSA) is 38.8 Å². The van der Waals surface area contributed by atoms with Crippen LogP contribution in [-0.2, 0) is 17.8 Å². The van der Waals surface area contributed by atoms with Gasteiger partial charge in [0.1, 0.15) is 0 Å². The second-order valence-electron chi connectivity index (χ2n) is 4.93. The van der Waals surface area contributed by atoms with Gasteiger partial charge in [0, 0.05) is 19.0 Å². The van der Waals surface area contributed by atoms with E-state index in [4.69, 9.17) is 9.47 Å². The molecule has 1 aliphatic rings. The number of benzene rings is 1. The van der Waals surface area contributed by atoms with Crippen LogP contribution in [0.1, 0.15) is 25.0 Å². The van der Waals surface area contributed by atoms with E-state index in [9.17, 15) is 4.79 Å². The normalized spacial score (nSPS) is 18.8. The summed E-state index contributed by atoms with van der Waals surface area (Å²) in [6, 6.07) is 3.99. The molecule has 0 radical (unpaired) electrons. The zero-order valence-corrected chi connectivity index (χ0v) is 12.0. The fourth-order valence-corrected chi connectivity index (χ4v) is 2.58. The maximum absolute atomic E-state index is 12.2. The lowest BCUT2D eigenvalue weighted by Gasteiger charge is -2.21. The van der Waals surface area contributed by atoms with E-state index in [-0.39, 0.29) is 11.8 Å². The molecule has 0 fully saturated rings. The minimum Gasteiger partial charge on any atom is -0.493 e. The predicted octanol–water partition coefficient (Wildman–Crippen LogP) is 2.24. The average molecular weight is 263 g/mol. The molecule has 4 heteroatoms. The summed E-state index contributed by atoms with van der Waals surface area (Å²) in [5.41, 5.74) is 2.33. The molecule has 0 N–H and O–H groups in total. The van der Waals surface area contributed by atoms with Crippen LogP contribution in [0, 0.1) is 5.92 Å². The van der Waals surface area contributed by atoms with Crippen molar-refractivity contribution >= 4 is 5.91 Å². The van der Waals surface area contributed by atoms with Crippen LogP contribution >= 0.6 is 0 Å². The van der Waals surface area contributed by atoms with Gasteiger partial charge >= 0.3 is 0 Å². The van der Waals surface area contributed by atoms with E-state index >= 15 is 0 Å². The first-order valence-corrected chi connectivity index (χ1v) is 6.63. The Hall–Kier alpha value is -1.71. The van der Waals surface area contributed by atoms with Crippen molar-refractivity contribution < 1.29 is 14.3 Å². The molecule has 1 amide bonds. The van der Waals surface area contributed by atoms with E-state index in [0.717, 1.165) is 30.0 Å². The lowest BCUT2D eigenvalue weighted by atomic mass is 9.98. The Morgan fingerprint density at radius 3 is 2.32 bits per heavy atom. The number of methoxy groups -OCH3 is 2. The van der Waals surface area contributed by atoms with Gasteiger partial charge in [-0.05, 0) is 36.6 Å². The molecular weight excluding hydrogens is 242 g/mol. The van der Waals surface area contributed by atoms with E-state index in [1.807, 2.05) is 30.9 Å². The van der Waals surface area contributed by atoms with Crippen molar-refractivity contribution in [3.63, 3.8) is 0 Å². The summed E-state index contributed by atoms with van der Waals surface area (Å²) in [5.74, 6) is 1.68. The molecule has 19 heavy (non-hydrogen) atoms. The van der Waals surface area contributed by atoms with Crippen LogP contribution in [0.25, 0.3) is 0 Å². The third-order valence-electron chi connectivity index (χ3n) is 3.71. The Kier molecular flexibility index (Phi) is 3.98. The number of hydrogen-bond acceptors (Lipinski definition) is 3. The Balaban J connectivity index is 2.46. The van der Waals surface area contributed by atoms with Gasteiger partial charge < -0.3 is 14.4 Å².